The summed E-state index contributed by atoms with van der Waals surface area (Å²) in [5, 5.41) is 10.4. The van der Waals surface area contributed by atoms with E-state index in [0.717, 1.165) is 0 Å². The van der Waals surface area contributed by atoms with Gasteiger partial charge in [0.25, 0.3) is 5.56 Å². The molecule has 1 aromatic carbocycles. The van der Waals surface area contributed by atoms with Gasteiger partial charge in [0.05, 0.1) is 32.8 Å². The van der Waals surface area contributed by atoms with E-state index >= 15 is 0 Å². The molecule has 1 heterocycles. The molecule has 0 spiro atoms. The van der Waals surface area contributed by atoms with Gasteiger partial charge in [0.15, 0.2) is 11.5 Å². The third-order valence-electron chi connectivity index (χ3n) is 4.29. The second-order valence-corrected chi connectivity index (χ2v) is 7.03. The number of aromatic nitrogens is 1. The third-order valence-corrected chi connectivity index (χ3v) is 4.29. The minimum absolute atomic E-state index is 0.105. The molecule has 2 rings (SSSR count). The van der Waals surface area contributed by atoms with Gasteiger partial charge >= 0.3 is 5.97 Å². The molecule has 0 saturated carbocycles. The number of hydrogen-bond acceptors (Lipinski definition) is 6. The molecule has 0 amide bonds. The summed E-state index contributed by atoms with van der Waals surface area (Å²) in [5.41, 5.74) is 0.816. The molecule has 2 N–H and O–H groups in total. The molecule has 1 atom stereocenters. The number of H-pyrrole nitrogens is 1. The summed E-state index contributed by atoms with van der Waals surface area (Å²) >= 11 is 0. The van der Waals surface area contributed by atoms with Gasteiger partial charge in [-0.3, -0.25) is 9.59 Å². The predicted molar refractivity (Wildman–Crippen MR) is 105 cm³/mol. The van der Waals surface area contributed by atoms with Crippen LogP contribution in [-0.2, 0) is 9.53 Å². The van der Waals surface area contributed by atoms with Crippen LogP contribution in [0.4, 0.5) is 0 Å². The van der Waals surface area contributed by atoms with Crippen LogP contribution in [0.15, 0.2) is 29.1 Å². The maximum absolute atomic E-state index is 12.5. The standard InChI is InChI=1S/C21H27NO6/c1-12(2)11-28-18-9-14(6-7-17(18)26-4)15(10-19(24)27-5)20-16(23)8-13(3)22-21(20)25/h6-9,12,15H,10-11H2,1-5H3,(H2,22,23,25). The summed E-state index contributed by atoms with van der Waals surface area (Å²) in [6, 6.07) is 6.65. The van der Waals surface area contributed by atoms with Crippen molar-refractivity contribution < 1.29 is 24.1 Å². The van der Waals surface area contributed by atoms with Crippen molar-refractivity contribution in [3.63, 3.8) is 0 Å². The van der Waals surface area contributed by atoms with E-state index in [0.29, 0.717) is 35.3 Å². The number of methoxy groups -OCH3 is 2. The topological polar surface area (TPSA) is 97.8 Å². The average molecular weight is 389 g/mol. The van der Waals surface area contributed by atoms with Gasteiger partial charge in [0, 0.05) is 11.6 Å². The van der Waals surface area contributed by atoms with Crippen LogP contribution >= 0.6 is 0 Å². The zero-order valence-electron chi connectivity index (χ0n) is 16.9. The molecule has 7 nitrogen and oxygen atoms in total. The molecule has 0 aliphatic rings. The summed E-state index contributed by atoms with van der Waals surface area (Å²) in [6.45, 7) is 6.21. The quantitative estimate of drug-likeness (QED) is 0.673. The third kappa shape index (κ3) is 5.06. The van der Waals surface area contributed by atoms with Crippen LogP contribution in [0.1, 0.15) is 43.0 Å². The van der Waals surface area contributed by atoms with Gasteiger partial charge in [-0.15, -0.1) is 0 Å². The number of hydrogen-bond donors (Lipinski definition) is 2. The van der Waals surface area contributed by atoms with Gasteiger partial charge < -0.3 is 24.3 Å². The van der Waals surface area contributed by atoms with Crippen molar-refractivity contribution in [3.05, 3.63) is 51.4 Å². The Labute approximate surface area is 164 Å². The number of carbonyl (C=O) groups is 1. The van der Waals surface area contributed by atoms with Crippen LogP contribution in [0, 0.1) is 12.8 Å². The molecule has 28 heavy (non-hydrogen) atoms. The average Bonchev–Trinajstić information content (AvgIpc) is 2.64. The lowest BCUT2D eigenvalue weighted by Gasteiger charge is -2.20. The fourth-order valence-corrected chi connectivity index (χ4v) is 2.93. The minimum atomic E-state index is -0.705. The van der Waals surface area contributed by atoms with Gasteiger partial charge in [-0.1, -0.05) is 19.9 Å². The van der Waals surface area contributed by atoms with E-state index in [4.69, 9.17) is 14.2 Å². The zero-order chi connectivity index (χ0) is 20.8. The first kappa shape index (κ1) is 21.3. The first-order valence-corrected chi connectivity index (χ1v) is 9.07. The summed E-state index contributed by atoms with van der Waals surface area (Å²) < 4.78 is 16.0. The molecular formula is C21H27NO6. The highest BCUT2D eigenvalue weighted by Crippen LogP contribution is 2.37. The number of rotatable bonds is 8. The minimum Gasteiger partial charge on any atom is -0.507 e. The summed E-state index contributed by atoms with van der Waals surface area (Å²) in [7, 11) is 2.82. The monoisotopic (exact) mass is 389 g/mol. The fraction of sp³-hybridized carbons (Fsp3) is 0.429. The van der Waals surface area contributed by atoms with Crippen LogP contribution in [0.5, 0.6) is 17.2 Å². The van der Waals surface area contributed by atoms with Gasteiger partial charge in [-0.2, -0.15) is 0 Å². The normalized spacial score (nSPS) is 11.9. The second kappa shape index (κ2) is 9.30. The SMILES string of the molecule is COC(=O)CC(c1ccc(OC)c(OCC(C)C)c1)c1c(O)cc(C)[nH]c1=O. The number of esters is 1. The molecule has 0 saturated heterocycles. The van der Waals surface area contributed by atoms with Crippen LogP contribution in [0.2, 0.25) is 0 Å². The van der Waals surface area contributed by atoms with E-state index in [9.17, 15) is 14.7 Å². The molecule has 0 aliphatic heterocycles. The predicted octanol–water partition coefficient (Wildman–Crippen LogP) is 3.13. The number of nitrogens with one attached hydrogen (secondary N) is 1. The first-order chi connectivity index (χ1) is 13.3. The number of aromatic amines is 1. The van der Waals surface area contributed by atoms with Crippen LogP contribution in [0.3, 0.4) is 0 Å². The Kier molecular flexibility index (Phi) is 7.09. The van der Waals surface area contributed by atoms with Crippen molar-refractivity contribution >= 4 is 5.97 Å². The molecule has 2 aromatic rings. The van der Waals surface area contributed by atoms with Gasteiger partial charge in [0.2, 0.25) is 0 Å². The van der Waals surface area contributed by atoms with Crippen molar-refractivity contribution in [1.29, 1.82) is 0 Å². The highest BCUT2D eigenvalue weighted by atomic mass is 16.5. The first-order valence-electron chi connectivity index (χ1n) is 9.07. The number of benzene rings is 1. The number of carbonyl (C=O) groups excluding carboxylic acids is 1. The lowest BCUT2D eigenvalue weighted by atomic mass is 9.88. The Morgan fingerprint density at radius 1 is 1.18 bits per heavy atom. The highest BCUT2D eigenvalue weighted by molar-refractivity contribution is 5.71. The molecule has 0 bridgehead atoms. The zero-order valence-corrected chi connectivity index (χ0v) is 16.9. The number of aryl methyl sites for hydroxylation is 1. The maximum Gasteiger partial charge on any atom is 0.306 e. The van der Waals surface area contributed by atoms with Crippen molar-refractivity contribution in [2.24, 2.45) is 5.92 Å². The Bertz CT molecular complexity index is 887. The molecule has 0 aliphatic carbocycles. The maximum atomic E-state index is 12.5. The Hall–Kier alpha value is -2.96. The van der Waals surface area contributed by atoms with Crippen molar-refractivity contribution in [2.75, 3.05) is 20.8 Å². The summed E-state index contributed by atoms with van der Waals surface area (Å²) in [5.74, 6) is -0.0114. The van der Waals surface area contributed by atoms with E-state index in [1.807, 2.05) is 13.8 Å². The van der Waals surface area contributed by atoms with Gasteiger partial charge in [-0.05, 0) is 36.6 Å². The lowest BCUT2D eigenvalue weighted by molar-refractivity contribution is -0.140. The number of pyridine rings is 1. The van der Waals surface area contributed by atoms with Crippen LogP contribution in [0.25, 0.3) is 0 Å². The van der Waals surface area contributed by atoms with E-state index in [2.05, 4.69) is 4.98 Å². The lowest BCUT2D eigenvalue weighted by Crippen LogP contribution is -2.21. The molecule has 1 unspecified atom stereocenters. The largest absolute Gasteiger partial charge is 0.507 e. The Balaban J connectivity index is 2.57. The number of aromatic hydroxyl groups is 1. The van der Waals surface area contributed by atoms with E-state index in [1.54, 1.807) is 32.2 Å². The molecule has 152 valence electrons. The van der Waals surface area contributed by atoms with E-state index in [1.165, 1.54) is 13.2 Å². The van der Waals surface area contributed by atoms with Gasteiger partial charge in [-0.25, -0.2) is 0 Å². The molecule has 0 radical (unpaired) electrons. The van der Waals surface area contributed by atoms with Crippen LogP contribution in [-0.4, -0.2) is 36.9 Å². The Morgan fingerprint density at radius 3 is 2.46 bits per heavy atom. The van der Waals surface area contributed by atoms with Crippen molar-refractivity contribution in [3.8, 4) is 17.2 Å². The van der Waals surface area contributed by atoms with Crippen LogP contribution < -0.4 is 15.0 Å². The molecular weight excluding hydrogens is 362 g/mol. The van der Waals surface area contributed by atoms with Crippen molar-refractivity contribution in [1.82, 2.24) is 4.98 Å². The second-order valence-electron chi connectivity index (χ2n) is 7.03. The molecule has 7 heteroatoms. The van der Waals surface area contributed by atoms with Gasteiger partial charge in [0.1, 0.15) is 5.75 Å². The van der Waals surface area contributed by atoms with E-state index < -0.39 is 17.4 Å². The molecule has 1 aromatic heterocycles. The van der Waals surface area contributed by atoms with E-state index in [-0.39, 0.29) is 17.7 Å². The Morgan fingerprint density at radius 2 is 1.89 bits per heavy atom. The highest BCUT2D eigenvalue weighted by Gasteiger charge is 2.26. The fourth-order valence-electron chi connectivity index (χ4n) is 2.93. The molecule has 0 fully saturated rings. The smallest absolute Gasteiger partial charge is 0.306 e. The number of ether oxygens (including phenoxy) is 3. The van der Waals surface area contributed by atoms with Crippen molar-refractivity contribution in [2.45, 2.75) is 33.1 Å². The summed E-state index contributed by atoms with van der Waals surface area (Å²) in [4.78, 5) is 27.2. The summed E-state index contributed by atoms with van der Waals surface area (Å²) in [6.07, 6.45) is -0.105.